The predicted molar refractivity (Wildman–Crippen MR) is 122 cm³/mol. The first kappa shape index (κ1) is 25.6. The minimum atomic E-state index is -3.27. The van der Waals surface area contributed by atoms with Crippen LogP contribution in [0.25, 0.3) is 0 Å². The maximum Gasteiger partial charge on any atom is 0.387 e. The highest BCUT2D eigenvalue weighted by Gasteiger charge is 2.31. The van der Waals surface area contributed by atoms with E-state index in [2.05, 4.69) is 20.4 Å². The van der Waals surface area contributed by atoms with Gasteiger partial charge < -0.3 is 24.8 Å². The van der Waals surface area contributed by atoms with Crippen LogP contribution >= 0.6 is 24.0 Å². The van der Waals surface area contributed by atoms with Gasteiger partial charge in [0.2, 0.25) is 16.8 Å². The summed E-state index contributed by atoms with van der Waals surface area (Å²) >= 11 is 0. The first-order valence-corrected chi connectivity index (χ1v) is 11.5. The van der Waals surface area contributed by atoms with Gasteiger partial charge in [0.15, 0.2) is 17.5 Å². The monoisotopic (exact) mass is 576 g/mol. The van der Waals surface area contributed by atoms with E-state index in [4.69, 9.17) is 9.47 Å². The fraction of sp³-hybridized carbons (Fsp3) is 0.611. The molecule has 0 aliphatic carbocycles. The van der Waals surface area contributed by atoms with Crippen LogP contribution in [0.5, 0.6) is 17.2 Å². The van der Waals surface area contributed by atoms with E-state index in [1.165, 1.54) is 16.6 Å². The topological polar surface area (TPSA) is 101 Å². The lowest BCUT2D eigenvalue weighted by Crippen LogP contribution is -2.46. The third-order valence-corrected chi connectivity index (χ3v) is 6.11. The molecule has 9 nitrogen and oxygen atoms in total. The van der Waals surface area contributed by atoms with Gasteiger partial charge in [0.05, 0.1) is 12.8 Å². The van der Waals surface area contributed by atoms with Crippen LogP contribution in [-0.4, -0.2) is 64.0 Å². The Labute approximate surface area is 197 Å². The summed E-state index contributed by atoms with van der Waals surface area (Å²) in [6, 6.07) is 2.77. The summed E-state index contributed by atoms with van der Waals surface area (Å²) in [7, 11) is -3.27. The molecule has 0 unspecified atom stereocenters. The molecular weight excluding hydrogens is 549 g/mol. The fourth-order valence-electron chi connectivity index (χ4n) is 3.46. The van der Waals surface area contributed by atoms with Crippen LogP contribution in [0.2, 0.25) is 0 Å². The molecule has 2 heterocycles. The summed E-state index contributed by atoms with van der Waals surface area (Å²) in [4.78, 5) is 4.43. The number of sulfonamides is 1. The van der Waals surface area contributed by atoms with Crippen LogP contribution in [-0.2, 0) is 16.6 Å². The van der Waals surface area contributed by atoms with Crippen molar-refractivity contribution in [2.45, 2.75) is 39.0 Å². The molecule has 2 N–H and O–H groups in total. The molecular formula is C18H27F2IN4O5S. The van der Waals surface area contributed by atoms with E-state index < -0.39 is 16.6 Å². The van der Waals surface area contributed by atoms with Gasteiger partial charge in [-0.15, -0.1) is 24.0 Å². The zero-order valence-electron chi connectivity index (χ0n) is 17.3. The van der Waals surface area contributed by atoms with Crippen LogP contribution in [0, 0.1) is 0 Å². The highest BCUT2D eigenvalue weighted by molar-refractivity contribution is 14.0. The summed E-state index contributed by atoms with van der Waals surface area (Å²) in [6.07, 6.45) is 2.77. The Balaban J connectivity index is 0.00000341. The van der Waals surface area contributed by atoms with Crippen molar-refractivity contribution in [2.75, 3.05) is 32.7 Å². The molecule has 0 aromatic heterocycles. The number of aliphatic imine (C=N–C) groups is 1. The normalized spacial score (nSPS) is 18.7. The zero-order chi connectivity index (χ0) is 21.7. The Hall–Kier alpha value is -1.61. The van der Waals surface area contributed by atoms with Gasteiger partial charge in [-0.25, -0.2) is 13.4 Å². The Morgan fingerprint density at radius 3 is 2.68 bits per heavy atom. The van der Waals surface area contributed by atoms with Gasteiger partial charge >= 0.3 is 6.61 Å². The first-order valence-electron chi connectivity index (χ1n) is 9.64. The molecule has 2 aliphatic heterocycles. The molecule has 3 rings (SSSR count). The van der Waals surface area contributed by atoms with Crippen molar-refractivity contribution in [3.8, 4) is 17.2 Å². The Kier molecular flexibility index (Phi) is 9.36. The fourth-order valence-corrected chi connectivity index (χ4v) is 4.65. The number of alkyl halides is 2. The molecule has 13 heteroatoms. The lowest BCUT2D eigenvalue weighted by atomic mass is 10.1. The number of hydrogen-bond donors (Lipinski definition) is 2. The minimum absolute atomic E-state index is 0. The summed E-state index contributed by atoms with van der Waals surface area (Å²) in [5, 5.41) is 6.20. The van der Waals surface area contributed by atoms with E-state index >= 15 is 0 Å². The molecule has 0 radical (unpaired) electrons. The molecule has 1 atom stereocenters. The van der Waals surface area contributed by atoms with Crippen LogP contribution in [0.15, 0.2) is 17.1 Å². The predicted octanol–water partition coefficient (Wildman–Crippen LogP) is 2.11. The van der Waals surface area contributed by atoms with Gasteiger partial charge in [-0.2, -0.15) is 13.1 Å². The third-order valence-electron chi connectivity index (χ3n) is 4.78. The van der Waals surface area contributed by atoms with Gasteiger partial charge in [0.25, 0.3) is 0 Å². The smallest absolute Gasteiger partial charge is 0.387 e. The van der Waals surface area contributed by atoms with Crippen molar-refractivity contribution in [1.82, 2.24) is 14.9 Å². The van der Waals surface area contributed by atoms with Gasteiger partial charge in [-0.05, 0) is 25.8 Å². The highest BCUT2D eigenvalue weighted by Crippen LogP contribution is 2.39. The van der Waals surface area contributed by atoms with Crippen LogP contribution < -0.4 is 24.8 Å². The van der Waals surface area contributed by atoms with Crippen LogP contribution in [0.3, 0.4) is 0 Å². The van der Waals surface area contributed by atoms with Gasteiger partial charge in [-0.3, -0.25) is 0 Å². The van der Waals surface area contributed by atoms with E-state index in [9.17, 15) is 17.2 Å². The number of fused-ring (bicyclic) bond motifs is 1. The summed E-state index contributed by atoms with van der Waals surface area (Å²) in [5.41, 5.74) is 0.412. The van der Waals surface area contributed by atoms with E-state index in [0.29, 0.717) is 42.7 Å². The van der Waals surface area contributed by atoms with E-state index in [1.54, 1.807) is 6.07 Å². The second-order valence-electron chi connectivity index (χ2n) is 6.94. The SMILES string of the molecule is CCNC(=NCc1cc2c(cc1OC(F)F)OCO2)NC[C@H]1CCCN1S(C)(=O)=O.I. The molecule has 0 amide bonds. The standard InChI is InChI=1S/C18H26F2N4O5S.HI/c1-3-21-18(23-10-13-5-4-6-24(13)30(2,25)26)22-9-12-7-15-16(28-11-27-15)8-14(12)29-17(19)20;/h7-8,13,17H,3-6,9-11H2,1-2H3,(H2,21,22,23);1H/t13-;/m1./s1. The summed E-state index contributed by atoms with van der Waals surface area (Å²) in [6.45, 7) is 0.441. The third kappa shape index (κ3) is 6.94. The van der Waals surface area contributed by atoms with Gasteiger partial charge in [0, 0.05) is 37.3 Å². The minimum Gasteiger partial charge on any atom is -0.454 e. The van der Waals surface area contributed by atoms with E-state index in [-0.39, 0.29) is 49.1 Å². The average molecular weight is 576 g/mol. The lowest BCUT2D eigenvalue weighted by molar-refractivity contribution is -0.0505. The molecule has 1 saturated heterocycles. The van der Waals surface area contributed by atoms with Crippen molar-refractivity contribution in [3.63, 3.8) is 0 Å². The average Bonchev–Trinajstić information content (AvgIpc) is 3.31. The largest absolute Gasteiger partial charge is 0.454 e. The van der Waals surface area contributed by atoms with Crippen molar-refractivity contribution < 1.29 is 31.4 Å². The van der Waals surface area contributed by atoms with Crippen molar-refractivity contribution >= 4 is 40.0 Å². The molecule has 2 aliphatic rings. The molecule has 31 heavy (non-hydrogen) atoms. The van der Waals surface area contributed by atoms with Gasteiger partial charge in [-0.1, -0.05) is 0 Å². The number of ether oxygens (including phenoxy) is 3. The number of hydrogen-bond acceptors (Lipinski definition) is 6. The number of nitrogens with one attached hydrogen (secondary N) is 2. The second kappa shape index (κ2) is 11.3. The highest BCUT2D eigenvalue weighted by atomic mass is 127. The maximum atomic E-state index is 12.8. The molecule has 1 aromatic carbocycles. The number of guanidine groups is 1. The zero-order valence-corrected chi connectivity index (χ0v) is 20.4. The molecule has 0 spiro atoms. The van der Waals surface area contributed by atoms with Crippen LogP contribution in [0.4, 0.5) is 8.78 Å². The Morgan fingerprint density at radius 1 is 1.32 bits per heavy atom. The first-order chi connectivity index (χ1) is 14.3. The van der Waals surface area contributed by atoms with Crippen molar-refractivity contribution in [3.05, 3.63) is 17.7 Å². The lowest BCUT2D eigenvalue weighted by Gasteiger charge is -2.23. The van der Waals surface area contributed by atoms with E-state index in [1.807, 2.05) is 6.92 Å². The molecule has 0 bridgehead atoms. The summed E-state index contributed by atoms with van der Waals surface area (Å²) in [5.74, 6) is 1.19. The quantitative estimate of drug-likeness (QED) is 0.278. The number of benzene rings is 1. The molecule has 1 aromatic rings. The Morgan fingerprint density at radius 2 is 2.03 bits per heavy atom. The molecule has 176 valence electrons. The second-order valence-corrected chi connectivity index (χ2v) is 8.87. The summed E-state index contributed by atoms with van der Waals surface area (Å²) < 4.78 is 66.0. The Bertz CT molecular complexity index is 888. The number of rotatable bonds is 8. The van der Waals surface area contributed by atoms with E-state index in [0.717, 1.165) is 12.8 Å². The molecule has 0 saturated carbocycles. The molecule has 1 fully saturated rings. The maximum absolute atomic E-state index is 12.8. The van der Waals surface area contributed by atoms with Crippen molar-refractivity contribution in [2.24, 2.45) is 4.99 Å². The van der Waals surface area contributed by atoms with Crippen molar-refractivity contribution in [1.29, 1.82) is 0 Å². The number of nitrogens with zero attached hydrogens (tertiary/aromatic N) is 2. The van der Waals surface area contributed by atoms with Gasteiger partial charge in [0.1, 0.15) is 5.75 Å². The number of halogens is 3. The van der Waals surface area contributed by atoms with Crippen LogP contribution in [0.1, 0.15) is 25.3 Å².